The molecule has 0 aliphatic heterocycles. The Morgan fingerprint density at radius 1 is 0.341 bits per heavy atom. The second kappa shape index (κ2) is 18.6. The number of hydrogen-bond acceptors (Lipinski definition) is 0. The van der Waals surface area contributed by atoms with Crippen molar-refractivity contribution in [1.29, 1.82) is 0 Å². The minimum atomic E-state index is -0.225. The molecule has 0 radical (unpaired) electrons. The van der Waals surface area contributed by atoms with E-state index >= 15 is 0 Å². The Balaban J connectivity index is 0.907. The Morgan fingerprint density at radius 2 is 0.854 bits per heavy atom. The van der Waals surface area contributed by atoms with E-state index in [4.69, 9.17) is 0 Å². The van der Waals surface area contributed by atoms with Crippen molar-refractivity contribution in [3.8, 4) is 50.4 Å². The molecule has 16 rings (SSSR count). The van der Waals surface area contributed by atoms with Gasteiger partial charge in [0.25, 0.3) is 0 Å². The first-order valence-electron chi connectivity index (χ1n) is 29.1. The van der Waals surface area contributed by atoms with Gasteiger partial charge in [0.05, 0.1) is 38.8 Å². The van der Waals surface area contributed by atoms with Crippen LogP contribution in [-0.2, 0) is 10.8 Å². The highest BCUT2D eigenvalue weighted by atomic mass is 15.0. The lowest BCUT2D eigenvalue weighted by molar-refractivity contribution is 0.550. The maximum absolute atomic E-state index is 2.65. The predicted molar refractivity (Wildman–Crippen MR) is 346 cm³/mol. The first kappa shape index (κ1) is 48.0. The quantitative estimate of drug-likeness (QED) is 0.123. The van der Waals surface area contributed by atoms with E-state index in [2.05, 4.69) is 314 Å². The minimum Gasteiger partial charge on any atom is -0.309 e. The summed E-state index contributed by atoms with van der Waals surface area (Å²) in [7, 11) is 0. The predicted octanol–water partition coefficient (Wildman–Crippen LogP) is 20.8. The van der Waals surface area contributed by atoms with Gasteiger partial charge in [-0.2, -0.15) is 0 Å². The zero-order valence-corrected chi connectivity index (χ0v) is 46.3. The average Bonchev–Trinajstić information content (AvgIpc) is 1.87. The van der Waals surface area contributed by atoms with E-state index < -0.39 is 0 Å². The van der Waals surface area contributed by atoms with Gasteiger partial charge < -0.3 is 13.7 Å². The van der Waals surface area contributed by atoms with Gasteiger partial charge in [-0.25, -0.2) is 0 Å². The molecule has 3 nitrogen and oxygen atoms in total. The monoisotopic (exact) mass is 1050 g/mol. The standard InChI is InChI=1S/C79H59N3/c1-4-78(3,58-30-11-7-12-31-58)60-34-22-28-55(47-60)57-49-68-76(79(68,5-2)59-32-13-8-14-33-59)74(50-57)82-70-40-19-15-36-63(70)65-43-45-73-75(77(65)82)66-38-17-20-41-71(66)81(73)62-42-44-72-67(51-62)64-37-16-18-39-69(64)80(72)61-35-23-29-56(48-61)54-27-21-26-53(46-54)52-24-9-6-10-25-52/h6-51H,4-5H2,1-3H3. The maximum atomic E-state index is 2.65. The van der Waals surface area contributed by atoms with E-state index in [1.165, 1.54) is 132 Å². The normalized spacial score (nSPS) is 14.8. The lowest BCUT2D eigenvalue weighted by Gasteiger charge is -2.30. The summed E-state index contributed by atoms with van der Waals surface area (Å²) >= 11 is 0. The van der Waals surface area contributed by atoms with Crippen molar-refractivity contribution in [1.82, 2.24) is 13.7 Å². The van der Waals surface area contributed by atoms with Gasteiger partial charge in [-0.05, 0) is 147 Å². The molecule has 390 valence electrons. The van der Waals surface area contributed by atoms with Crippen molar-refractivity contribution in [2.75, 3.05) is 0 Å². The third kappa shape index (κ3) is 7.09. The molecule has 12 aromatic carbocycles. The van der Waals surface area contributed by atoms with Gasteiger partial charge in [0.2, 0.25) is 0 Å². The molecule has 82 heavy (non-hydrogen) atoms. The van der Waals surface area contributed by atoms with Crippen molar-refractivity contribution in [3.05, 3.63) is 307 Å². The molecule has 0 amide bonds. The van der Waals surface area contributed by atoms with Gasteiger partial charge in [0.15, 0.2) is 0 Å². The van der Waals surface area contributed by atoms with Crippen LogP contribution >= 0.6 is 0 Å². The molecular weight excluding hydrogens is 991 g/mol. The van der Waals surface area contributed by atoms with Gasteiger partial charge in [-0.3, -0.25) is 0 Å². The van der Waals surface area contributed by atoms with Crippen LogP contribution in [0.1, 0.15) is 61.4 Å². The van der Waals surface area contributed by atoms with Gasteiger partial charge in [-0.1, -0.05) is 227 Å². The van der Waals surface area contributed by atoms with Gasteiger partial charge >= 0.3 is 0 Å². The van der Waals surface area contributed by atoms with Crippen molar-refractivity contribution in [2.45, 2.75) is 44.4 Å². The van der Waals surface area contributed by atoms with Crippen molar-refractivity contribution in [3.63, 3.8) is 0 Å². The molecular formula is C79H59N3. The van der Waals surface area contributed by atoms with Gasteiger partial charge in [0.1, 0.15) is 0 Å². The summed E-state index contributed by atoms with van der Waals surface area (Å²) in [5.74, 6) is 0. The topological polar surface area (TPSA) is 14.8 Å². The minimum absolute atomic E-state index is 0.142. The Kier molecular flexibility index (Phi) is 10.9. The highest BCUT2D eigenvalue weighted by molar-refractivity contribution is 6.26. The average molecular weight is 1050 g/mol. The first-order valence-corrected chi connectivity index (χ1v) is 29.1. The molecule has 1 aliphatic carbocycles. The van der Waals surface area contributed by atoms with Crippen LogP contribution in [-0.4, -0.2) is 13.7 Å². The van der Waals surface area contributed by atoms with Crippen molar-refractivity contribution < 1.29 is 0 Å². The third-order valence-electron chi connectivity index (χ3n) is 18.7. The fourth-order valence-electron chi connectivity index (χ4n) is 14.4. The molecule has 0 saturated heterocycles. The van der Waals surface area contributed by atoms with E-state index in [0.717, 1.165) is 24.2 Å². The van der Waals surface area contributed by atoms with E-state index in [1.54, 1.807) is 0 Å². The molecule has 0 N–H and O–H groups in total. The smallest absolute Gasteiger partial charge is 0.0641 e. The molecule has 2 atom stereocenters. The highest BCUT2D eigenvalue weighted by Gasteiger charge is 2.53. The van der Waals surface area contributed by atoms with Crippen LogP contribution in [0.2, 0.25) is 0 Å². The van der Waals surface area contributed by atoms with Crippen LogP contribution in [0.3, 0.4) is 0 Å². The SMILES string of the molecule is CCC(C)(c1ccccc1)c1cccc(-c2cc(-n3c4ccccc4c4ccc5c(c6ccccc6n5-c5ccc6c(c5)c5ccccc5n6-c5cccc(-c6cccc(-c7ccccc7)c6)c5)c43)c3c(c2)C3(CC)c2ccccc2)c1. The van der Waals surface area contributed by atoms with Crippen LogP contribution in [0, 0.1) is 0 Å². The maximum Gasteiger partial charge on any atom is 0.0641 e. The fourth-order valence-corrected chi connectivity index (χ4v) is 14.4. The summed E-state index contributed by atoms with van der Waals surface area (Å²) in [6.07, 6.45) is 1.95. The number of benzene rings is 12. The number of fused-ring (bicyclic) bond motifs is 11. The zero-order chi connectivity index (χ0) is 54.7. The number of rotatable bonds is 11. The Morgan fingerprint density at radius 3 is 1.57 bits per heavy atom. The summed E-state index contributed by atoms with van der Waals surface area (Å²) < 4.78 is 7.62. The van der Waals surface area contributed by atoms with Gasteiger partial charge in [0, 0.05) is 54.5 Å². The number of nitrogens with zero attached hydrogens (tertiary/aromatic N) is 3. The number of aromatic nitrogens is 3. The van der Waals surface area contributed by atoms with E-state index in [0.29, 0.717) is 0 Å². The summed E-state index contributed by atoms with van der Waals surface area (Å²) in [4.78, 5) is 0. The Labute approximate surface area is 478 Å². The molecule has 1 aliphatic rings. The summed E-state index contributed by atoms with van der Waals surface area (Å²) in [5.41, 5.74) is 24.5. The number of hydrogen-bond donors (Lipinski definition) is 0. The Hall–Kier alpha value is -9.96. The van der Waals surface area contributed by atoms with E-state index in [9.17, 15) is 0 Å². The van der Waals surface area contributed by atoms with Gasteiger partial charge in [-0.15, -0.1) is 0 Å². The van der Waals surface area contributed by atoms with Crippen LogP contribution in [0.25, 0.3) is 116 Å². The molecule has 3 heterocycles. The molecule has 2 unspecified atom stereocenters. The highest BCUT2D eigenvalue weighted by Crippen LogP contribution is 2.61. The molecule has 0 fully saturated rings. The second-order valence-electron chi connectivity index (χ2n) is 22.8. The molecule has 0 bridgehead atoms. The molecule has 3 heteroatoms. The summed E-state index contributed by atoms with van der Waals surface area (Å²) in [6.45, 7) is 7.10. The Bertz CT molecular complexity index is 5020. The molecule has 3 aromatic heterocycles. The van der Waals surface area contributed by atoms with Crippen molar-refractivity contribution >= 4 is 65.4 Å². The van der Waals surface area contributed by atoms with Crippen molar-refractivity contribution in [2.24, 2.45) is 0 Å². The summed E-state index contributed by atoms with van der Waals surface area (Å²) in [5, 5.41) is 7.44. The molecule has 15 aromatic rings. The molecule has 0 spiro atoms. The zero-order valence-electron chi connectivity index (χ0n) is 46.3. The largest absolute Gasteiger partial charge is 0.309 e. The fraction of sp³-hybridized carbons (Fsp3) is 0.0886. The summed E-state index contributed by atoms with van der Waals surface area (Å²) in [6, 6.07) is 104. The second-order valence-corrected chi connectivity index (χ2v) is 22.8. The lowest BCUT2D eigenvalue weighted by atomic mass is 9.74. The third-order valence-corrected chi connectivity index (χ3v) is 18.7. The first-order chi connectivity index (χ1) is 40.4. The van der Waals surface area contributed by atoms with Crippen LogP contribution in [0.4, 0.5) is 0 Å². The van der Waals surface area contributed by atoms with E-state index in [-0.39, 0.29) is 10.8 Å². The van der Waals surface area contributed by atoms with Crippen LogP contribution in [0.5, 0.6) is 0 Å². The molecule has 0 saturated carbocycles. The van der Waals surface area contributed by atoms with E-state index in [1.807, 2.05) is 0 Å². The lowest BCUT2D eigenvalue weighted by Crippen LogP contribution is -2.22. The number of para-hydroxylation sites is 3. The van der Waals surface area contributed by atoms with Crippen LogP contribution in [0.15, 0.2) is 279 Å². The van der Waals surface area contributed by atoms with Crippen LogP contribution < -0.4 is 0 Å².